The maximum absolute atomic E-state index is 12.2. The number of hydrogen-bond acceptors (Lipinski definition) is 6. The van der Waals surface area contributed by atoms with Crippen LogP contribution in [-0.4, -0.2) is 36.3 Å². The molecular formula is C17H19NO6. The summed E-state index contributed by atoms with van der Waals surface area (Å²) in [4.78, 5) is 45.8. The molecular weight excluding hydrogens is 314 g/mol. The molecule has 128 valence electrons. The Balaban J connectivity index is 2.62. The van der Waals surface area contributed by atoms with Crippen molar-refractivity contribution in [3.05, 3.63) is 42.0 Å². The third-order valence-corrected chi connectivity index (χ3v) is 2.79. The summed E-state index contributed by atoms with van der Waals surface area (Å²) in [5.74, 6) is -2.10. The van der Waals surface area contributed by atoms with Crippen LogP contribution in [0.3, 0.4) is 0 Å². The number of Topliss-reactive ketones (excluding diaryl/α,β-unsaturated/α-hetero) is 1. The van der Waals surface area contributed by atoms with Crippen LogP contribution in [0.25, 0.3) is 0 Å². The van der Waals surface area contributed by atoms with E-state index in [9.17, 15) is 19.2 Å². The van der Waals surface area contributed by atoms with Crippen molar-refractivity contribution in [1.82, 2.24) is 0 Å². The minimum atomic E-state index is -1.02. The van der Waals surface area contributed by atoms with Crippen LogP contribution in [0.1, 0.15) is 31.1 Å². The van der Waals surface area contributed by atoms with Gasteiger partial charge in [-0.1, -0.05) is 0 Å². The quantitative estimate of drug-likeness (QED) is 0.465. The van der Waals surface area contributed by atoms with Crippen LogP contribution in [-0.2, 0) is 23.9 Å². The van der Waals surface area contributed by atoms with Gasteiger partial charge < -0.3 is 14.8 Å². The van der Waals surface area contributed by atoms with Crippen molar-refractivity contribution in [1.29, 1.82) is 0 Å². The lowest BCUT2D eigenvalue weighted by molar-refractivity contribution is -0.141. The van der Waals surface area contributed by atoms with Gasteiger partial charge in [0.05, 0.1) is 6.61 Å². The molecule has 0 fully saturated rings. The van der Waals surface area contributed by atoms with Crippen molar-refractivity contribution < 1.29 is 28.7 Å². The monoisotopic (exact) mass is 333 g/mol. The van der Waals surface area contributed by atoms with Crippen LogP contribution >= 0.6 is 0 Å². The van der Waals surface area contributed by atoms with E-state index in [0.717, 1.165) is 12.2 Å². The van der Waals surface area contributed by atoms with Crippen LogP contribution < -0.4 is 5.32 Å². The van der Waals surface area contributed by atoms with Crippen LogP contribution in [0.2, 0.25) is 0 Å². The SMILES string of the molecule is CCOC(=O)/C=C/C(=O)OC(C)C(=O)c1ccc(NC(C)=O)cc1. The third-order valence-electron chi connectivity index (χ3n) is 2.79. The van der Waals surface area contributed by atoms with Gasteiger partial charge in [-0.15, -0.1) is 0 Å². The Labute approximate surface area is 139 Å². The Kier molecular flexibility index (Phi) is 7.35. The largest absolute Gasteiger partial charge is 0.463 e. The number of benzene rings is 1. The van der Waals surface area contributed by atoms with E-state index in [4.69, 9.17) is 4.74 Å². The molecule has 24 heavy (non-hydrogen) atoms. The number of hydrogen-bond donors (Lipinski definition) is 1. The van der Waals surface area contributed by atoms with Gasteiger partial charge >= 0.3 is 11.9 Å². The lowest BCUT2D eigenvalue weighted by atomic mass is 10.1. The molecule has 0 aliphatic rings. The van der Waals surface area contributed by atoms with Crippen LogP contribution in [0.4, 0.5) is 5.69 Å². The number of esters is 2. The van der Waals surface area contributed by atoms with E-state index >= 15 is 0 Å². The summed E-state index contributed by atoms with van der Waals surface area (Å²) in [7, 11) is 0. The van der Waals surface area contributed by atoms with E-state index in [2.05, 4.69) is 10.1 Å². The smallest absolute Gasteiger partial charge is 0.331 e. The zero-order chi connectivity index (χ0) is 18.1. The van der Waals surface area contributed by atoms with E-state index in [-0.39, 0.29) is 12.5 Å². The minimum Gasteiger partial charge on any atom is -0.463 e. The van der Waals surface area contributed by atoms with Crippen molar-refractivity contribution >= 4 is 29.3 Å². The lowest BCUT2D eigenvalue weighted by Crippen LogP contribution is -2.23. The molecule has 0 aromatic heterocycles. The number of ketones is 1. The molecule has 0 aliphatic carbocycles. The Morgan fingerprint density at radius 1 is 1.08 bits per heavy atom. The molecule has 0 saturated heterocycles. The average Bonchev–Trinajstić information content (AvgIpc) is 2.52. The van der Waals surface area contributed by atoms with Gasteiger partial charge in [0.25, 0.3) is 0 Å². The Morgan fingerprint density at radius 2 is 1.67 bits per heavy atom. The second-order valence-electron chi connectivity index (χ2n) is 4.79. The van der Waals surface area contributed by atoms with Gasteiger partial charge in [-0.3, -0.25) is 9.59 Å². The molecule has 0 radical (unpaired) electrons. The van der Waals surface area contributed by atoms with E-state index in [1.54, 1.807) is 19.1 Å². The molecule has 0 spiro atoms. The molecule has 1 aromatic rings. The fraction of sp³-hybridized carbons (Fsp3) is 0.294. The van der Waals surface area contributed by atoms with Crippen LogP contribution in [0, 0.1) is 0 Å². The first-order valence-corrected chi connectivity index (χ1v) is 7.30. The normalized spacial score (nSPS) is 11.6. The van der Waals surface area contributed by atoms with E-state index in [0.29, 0.717) is 11.3 Å². The van der Waals surface area contributed by atoms with Gasteiger partial charge in [0.1, 0.15) is 0 Å². The third kappa shape index (κ3) is 6.43. The summed E-state index contributed by atoms with van der Waals surface area (Å²) in [5, 5.41) is 2.58. The second-order valence-corrected chi connectivity index (χ2v) is 4.79. The zero-order valence-electron chi connectivity index (χ0n) is 13.7. The Hall–Kier alpha value is -2.96. The first-order chi connectivity index (χ1) is 11.3. The molecule has 0 saturated carbocycles. The van der Waals surface area contributed by atoms with E-state index in [1.807, 2.05) is 0 Å². The number of carbonyl (C=O) groups is 4. The second kappa shape index (κ2) is 9.24. The summed E-state index contributed by atoms with van der Waals surface area (Å²) < 4.78 is 9.56. The maximum Gasteiger partial charge on any atom is 0.331 e. The number of amides is 1. The highest BCUT2D eigenvalue weighted by Gasteiger charge is 2.18. The van der Waals surface area contributed by atoms with Crippen molar-refractivity contribution in [2.75, 3.05) is 11.9 Å². The molecule has 0 heterocycles. The molecule has 1 atom stereocenters. The highest BCUT2D eigenvalue weighted by atomic mass is 16.5. The Bertz CT molecular complexity index is 648. The molecule has 7 nitrogen and oxygen atoms in total. The van der Waals surface area contributed by atoms with Gasteiger partial charge in [0.2, 0.25) is 11.7 Å². The highest BCUT2D eigenvalue weighted by molar-refractivity contribution is 6.01. The molecule has 0 aliphatic heterocycles. The standard InChI is InChI=1S/C17H19NO6/c1-4-23-15(20)9-10-16(21)24-11(2)17(22)13-5-7-14(8-6-13)18-12(3)19/h5-11H,4H2,1-3H3,(H,18,19)/b10-9+. The van der Waals surface area contributed by atoms with E-state index in [1.165, 1.54) is 26.0 Å². The molecule has 1 N–H and O–H groups in total. The number of anilines is 1. The first-order valence-electron chi connectivity index (χ1n) is 7.30. The Morgan fingerprint density at radius 3 is 2.21 bits per heavy atom. The van der Waals surface area contributed by atoms with Crippen LogP contribution in [0.15, 0.2) is 36.4 Å². The zero-order valence-corrected chi connectivity index (χ0v) is 13.7. The number of rotatable bonds is 7. The first kappa shape index (κ1) is 19.1. The molecule has 0 bridgehead atoms. The molecule has 1 aromatic carbocycles. The van der Waals surface area contributed by atoms with Crippen molar-refractivity contribution in [2.24, 2.45) is 0 Å². The van der Waals surface area contributed by atoms with Crippen molar-refractivity contribution in [3.63, 3.8) is 0 Å². The fourth-order valence-corrected chi connectivity index (χ4v) is 1.75. The van der Waals surface area contributed by atoms with Gasteiger partial charge in [0, 0.05) is 30.3 Å². The van der Waals surface area contributed by atoms with Crippen LogP contribution in [0.5, 0.6) is 0 Å². The average molecular weight is 333 g/mol. The lowest BCUT2D eigenvalue weighted by Gasteiger charge is -2.11. The number of ether oxygens (including phenoxy) is 2. The van der Waals surface area contributed by atoms with Crippen molar-refractivity contribution in [3.8, 4) is 0 Å². The predicted octanol–water partition coefficient (Wildman–Crippen LogP) is 1.88. The van der Waals surface area contributed by atoms with Gasteiger partial charge in [-0.05, 0) is 38.1 Å². The van der Waals surface area contributed by atoms with Gasteiger partial charge in [-0.2, -0.15) is 0 Å². The molecule has 7 heteroatoms. The van der Waals surface area contributed by atoms with E-state index < -0.39 is 23.8 Å². The predicted molar refractivity (Wildman–Crippen MR) is 86.4 cm³/mol. The maximum atomic E-state index is 12.2. The van der Waals surface area contributed by atoms with Gasteiger partial charge in [-0.25, -0.2) is 9.59 Å². The highest BCUT2D eigenvalue weighted by Crippen LogP contribution is 2.12. The summed E-state index contributed by atoms with van der Waals surface area (Å²) in [6.07, 6.45) is 0.823. The summed E-state index contributed by atoms with van der Waals surface area (Å²) >= 11 is 0. The minimum absolute atomic E-state index is 0.196. The van der Waals surface area contributed by atoms with Crippen molar-refractivity contribution in [2.45, 2.75) is 26.9 Å². The topological polar surface area (TPSA) is 98.8 Å². The summed E-state index contributed by atoms with van der Waals surface area (Å²) in [6, 6.07) is 6.19. The molecule has 1 rings (SSSR count). The number of carbonyl (C=O) groups excluding carboxylic acids is 4. The number of nitrogens with one attached hydrogen (secondary N) is 1. The molecule has 1 unspecified atom stereocenters. The van der Waals surface area contributed by atoms with Gasteiger partial charge in [0.15, 0.2) is 6.10 Å². The summed E-state index contributed by atoms with van der Waals surface area (Å²) in [6.45, 7) is 4.65. The summed E-state index contributed by atoms with van der Waals surface area (Å²) in [5.41, 5.74) is 0.889. The fourth-order valence-electron chi connectivity index (χ4n) is 1.75. The molecule has 1 amide bonds.